The number of hydrogen-bond acceptors (Lipinski definition) is 2. The summed E-state index contributed by atoms with van der Waals surface area (Å²) in [5.41, 5.74) is 3.91. The molecule has 4 heteroatoms. The second-order valence-corrected chi connectivity index (χ2v) is 8.02. The van der Waals surface area contributed by atoms with E-state index in [2.05, 4.69) is 31.9 Å². The highest BCUT2D eigenvalue weighted by Gasteiger charge is 2.23. The minimum Gasteiger partial charge on any atom is -0.507 e. The molecule has 0 aliphatic heterocycles. The third kappa shape index (κ3) is 2.52. The van der Waals surface area contributed by atoms with Crippen LogP contribution in [-0.2, 0) is 12.8 Å². The lowest BCUT2D eigenvalue weighted by atomic mass is 9.84. The molecule has 1 aliphatic rings. The molecule has 3 aromatic carbocycles. The van der Waals surface area contributed by atoms with Gasteiger partial charge in [-0.2, -0.15) is 0 Å². The molecule has 2 nitrogen and oxygen atoms in total. The molecule has 0 saturated carbocycles. The number of aromatic hydroxyl groups is 2. The van der Waals surface area contributed by atoms with Crippen molar-refractivity contribution < 1.29 is 10.2 Å². The third-order valence-corrected chi connectivity index (χ3v) is 5.88. The average molecular weight is 448 g/mol. The van der Waals surface area contributed by atoms with E-state index in [0.717, 1.165) is 57.6 Å². The van der Waals surface area contributed by atoms with E-state index in [-0.39, 0.29) is 11.5 Å². The van der Waals surface area contributed by atoms with Gasteiger partial charge < -0.3 is 10.2 Å². The van der Waals surface area contributed by atoms with Crippen LogP contribution in [0.1, 0.15) is 24.0 Å². The number of phenolic OH excluding ortho intramolecular Hbond substituents is 2. The predicted molar refractivity (Wildman–Crippen MR) is 105 cm³/mol. The molecular weight excluding hydrogens is 432 g/mol. The first kappa shape index (κ1) is 16.0. The minimum atomic E-state index is 0.200. The van der Waals surface area contributed by atoms with Crippen molar-refractivity contribution in [1.82, 2.24) is 0 Å². The van der Waals surface area contributed by atoms with Gasteiger partial charge in [0.05, 0.1) is 4.47 Å². The summed E-state index contributed by atoms with van der Waals surface area (Å²) in [5.74, 6) is 0.410. The highest BCUT2D eigenvalue weighted by molar-refractivity contribution is 9.10. The number of fused-ring (bicyclic) bond motifs is 2. The van der Waals surface area contributed by atoms with E-state index >= 15 is 0 Å². The van der Waals surface area contributed by atoms with Crippen LogP contribution >= 0.6 is 31.9 Å². The maximum absolute atomic E-state index is 10.8. The second-order valence-electron chi connectivity index (χ2n) is 6.25. The second kappa shape index (κ2) is 6.08. The van der Waals surface area contributed by atoms with Gasteiger partial charge in [0.25, 0.3) is 0 Å². The highest BCUT2D eigenvalue weighted by Crippen LogP contribution is 2.48. The largest absolute Gasteiger partial charge is 0.507 e. The smallest absolute Gasteiger partial charge is 0.138 e. The molecule has 122 valence electrons. The fourth-order valence-corrected chi connectivity index (χ4v) is 4.53. The summed E-state index contributed by atoms with van der Waals surface area (Å²) in [7, 11) is 0. The Morgan fingerprint density at radius 1 is 0.833 bits per heavy atom. The first-order chi connectivity index (χ1) is 11.6. The summed E-state index contributed by atoms with van der Waals surface area (Å²) in [6.45, 7) is 0. The zero-order valence-corrected chi connectivity index (χ0v) is 16.1. The van der Waals surface area contributed by atoms with Gasteiger partial charge in [-0.25, -0.2) is 0 Å². The van der Waals surface area contributed by atoms with Crippen molar-refractivity contribution in [2.45, 2.75) is 25.7 Å². The molecular formula is C20H16Br2O2. The number of halogens is 2. The number of benzene rings is 3. The van der Waals surface area contributed by atoms with Gasteiger partial charge in [0.15, 0.2) is 0 Å². The average Bonchev–Trinajstić information content (AvgIpc) is 2.57. The van der Waals surface area contributed by atoms with Crippen LogP contribution in [0, 0.1) is 0 Å². The van der Waals surface area contributed by atoms with Crippen molar-refractivity contribution in [2.75, 3.05) is 0 Å². The topological polar surface area (TPSA) is 40.5 Å². The molecule has 1 aliphatic carbocycles. The van der Waals surface area contributed by atoms with Crippen LogP contribution in [0.15, 0.2) is 45.3 Å². The first-order valence-electron chi connectivity index (χ1n) is 8.01. The van der Waals surface area contributed by atoms with Gasteiger partial charge in [0, 0.05) is 15.6 Å². The van der Waals surface area contributed by atoms with Gasteiger partial charge in [-0.15, -0.1) is 0 Å². The Bertz CT molecular complexity index is 964. The number of aryl methyl sites for hydroxylation is 1. The summed E-state index contributed by atoms with van der Waals surface area (Å²) >= 11 is 6.98. The number of phenols is 2. The zero-order chi connectivity index (χ0) is 16.8. The fourth-order valence-electron chi connectivity index (χ4n) is 3.68. The van der Waals surface area contributed by atoms with E-state index in [1.165, 1.54) is 5.56 Å². The summed E-state index contributed by atoms with van der Waals surface area (Å²) in [6, 6.07) is 11.6. The number of hydrogen-bond donors (Lipinski definition) is 2. The predicted octanol–water partition coefficient (Wildman–Crippen LogP) is 6.32. The van der Waals surface area contributed by atoms with E-state index < -0.39 is 0 Å². The van der Waals surface area contributed by atoms with Crippen molar-refractivity contribution in [3.8, 4) is 22.6 Å². The molecule has 3 aromatic rings. The molecule has 0 radical (unpaired) electrons. The monoisotopic (exact) mass is 446 g/mol. The molecule has 0 heterocycles. The molecule has 24 heavy (non-hydrogen) atoms. The maximum Gasteiger partial charge on any atom is 0.138 e. The quantitative estimate of drug-likeness (QED) is 0.458. The Morgan fingerprint density at radius 2 is 1.62 bits per heavy atom. The third-order valence-electron chi connectivity index (χ3n) is 4.79. The van der Waals surface area contributed by atoms with Crippen LogP contribution in [0.3, 0.4) is 0 Å². The molecule has 0 fully saturated rings. The Kier molecular flexibility index (Phi) is 4.05. The van der Waals surface area contributed by atoms with Crippen LogP contribution in [0.25, 0.3) is 21.9 Å². The lowest BCUT2D eigenvalue weighted by molar-refractivity contribution is 0.466. The normalized spacial score (nSPS) is 13.9. The van der Waals surface area contributed by atoms with E-state index in [1.807, 2.05) is 30.3 Å². The molecule has 0 aromatic heterocycles. The summed E-state index contributed by atoms with van der Waals surface area (Å²) in [4.78, 5) is 0. The number of rotatable bonds is 1. The summed E-state index contributed by atoms with van der Waals surface area (Å²) in [6.07, 6.45) is 4.21. The van der Waals surface area contributed by atoms with Crippen LogP contribution < -0.4 is 0 Å². The van der Waals surface area contributed by atoms with Crippen molar-refractivity contribution in [1.29, 1.82) is 0 Å². The van der Waals surface area contributed by atoms with Crippen molar-refractivity contribution >= 4 is 42.6 Å². The van der Waals surface area contributed by atoms with Crippen LogP contribution in [0.5, 0.6) is 11.5 Å². The van der Waals surface area contributed by atoms with E-state index in [0.29, 0.717) is 4.47 Å². The van der Waals surface area contributed by atoms with E-state index in [9.17, 15) is 10.2 Å². The van der Waals surface area contributed by atoms with Crippen molar-refractivity contribution in [3.63, 3.8) is 0 Å². The molecule has 0 bridgehead atoms. The summed E-state index contributed by atoms with van der Waals surface area (Å²) in [5, 5.41) is 23.4. The maximum atomic E-state index is 10.8. The highest BCUT2D eigenvalue weighted by atomic mass is 79.9. The fraction of sp³-hybridized carbons (Fsp3) is 0.200. The Labute approximate surface area is 157 Å². The first-order valence-corrected chi connectivity index (χ1v) is 9.59. The van der Waals surface area contributed by atoms with Gasteiger partial charge >= 0.3 is 0 Å². The van der Waals surface area contributed by atoms with Gasteiger partial charge in [-0.3, -0.25) is 0 Å². The van der Waals surface area contributed by atoms with E-state index in [4.69, 9.17) is 0 Å². The van der Waals surface area contributed by atoms with Gasteiger partial charge in [-0.05, 0) is 87.8 Å². The minimum absolute atomic E-state index is 0.200. The van der Waals surface area contributed by atoms with Crippen molar-refractivity contribution in [3.05, 3.63) is 56.5 Å². The molecule has 0 saturated heterocycles. The van der Waals surface area contributed by atoms with Crippen LogP contribution in [0.4, 0.5) is 0 Å². The molecule has 2 N–H and O–H groups in total. The summed E-state index contributed by atoms with van der Waals surface area (Å²) < 4.78 is 1.68. The van der Waals surface area contributed by atoms with Gasteiger partial charge in [0.2, 0.25) is 0 Å². The standard InChI is InChI=1S/C20H16Br2O2/c21-13-6-7-15-12(9-13)5-8-17(23)18(15)19-14-4-2-1-3-11(14)10-16(22)20(19)24/h5-10,23-24H,1-4H2. The van der Waals surface area contributed by atoms with Gasteiger partial charge in [0.1, 0.15) is 11.5 Å². The Balaban J connectivity index is 2.12. The zero-order valence-electron chi connectivity index (χ0n) is 12.9. The SMILES string of the molecule is Oc1ccc2cc(Br)ccc2c1-c1c(O)c(Br)cc2c1CCCC2. The van der Waals surface area contributed by atoms with Crippen molar-refractivity contribution in [2.24, 2.45) is 0 Å². The van der Waals surface area contributed by atoms with E-state index in [1.54, 1.807) is 6.07 Å². The molecule has 4 rings (SSSR count). The molecule has 0 atom stereocenters. The lowest BCUT2D eigenvalue weighted by Gasteiger charge is -2.23. The molecule has 0 unspecified atom stereocenters. The Hall–Kier alpha value is -1.52. The Morgan fingerprint density at radius 3 is 2.46 bits per heavy atom. The molecule has 0 spiro atoms. The molecule has 0 amide bonds. The van der Waals surface area contributed by atoms with Crippen LogP contribution in [-0.4, -0.2) is 10.2 Å². The van der Waals surface area contributed by atoms with Gasteiger partial charge in [-0.1, -0.05) is 28.1 Å². The lowest BCUT2D eigenvalue weighted by Crippen LogP contribution is -2.05. The van der Waals surface area contributed by atoms with Crippen LogP contribution in [0.2, 0.25) is 0 Å².